The average Bonchev–Trinajstić information content (AvgIpc) is 2.99. The molecule has 15 heavy (non-hydrogen) atoms. The highest BCUT2D eigenvalue weighted by Gasteiger charge is 2.25. The molecule has 0 atom stereocenters. The molecule has 0 amide bonds. The number of aromatic amines is 1. The molecule has 3 rings (SSSR count). The highest BCUT2D eigenvalue weighted by molar-refractivity contribution is 5.59. The highest BCUT2D eigenvalue weighted by Crippen LogP contribution is 2.39. The highest BCUT2D eigenvalue weighted by atomic mass is 19.1. The van der Waals surface area contributed by atoms with E-state index in [9.17, 15) is 4.39 Å². The lowest BCUT2D eigenvalue weighted by atomic mass is 10.1. The Balaban J connectivity index is 0.000000963. The molecule has 1 heterocycles. The summed E-state index contributed by atoms with van der Waals surface area (Å²) in [6, 6.07) is 8.48. The van der Waals surface area contributed by atoms with Crippen LogP contribution in [0.25, 0.3) is 11.3 Å². The Hall–Kier alpha value is -1.64. The molecule has 1 aliphatic rings. The topological polar surface area (TPSA) is 28.7 Å². The van der Waals surface area contributed by atoms with Gasteiger partial charge in [0.1, 0.15) is 5.82 Å². The molecule has 2 aromatic rings. The third-order valence-electron chi connectivity index (χ3n) is 2.75. The van der Waals surface area contributed by atoms with Crippen LogP contribution in [0.4, 0.5) is 4.39 Å². The SMILES string of the molecule is Fc1ccc(-c2cc(C3CC3)[nH]n2)cc1.[HH]. The minimum atomic E-state index is -0.211. The van der Waals surface area contributed by atoms with Crippen molar-refractivity contribution in [1.29, 1.82) is 0 Å². The van der Waals surface area contributed by atoms with E-state index in [2.05, 4.69) is 16.3 Å². The van der Waals surface area contributed by atoms with Gasteiger partial charge in [-0.25, -0.2) is 4.39 Å². The smallest absolute Gasteiger partial charge is 0.123 e. The van der Waals surface area contributed by atoms with E-state index in [4.69, 9.17) is 0 Å². The molecule has 0 unspecified atom stereocenters. The summed E-state index contributed by atoms with van der Waals surface area (Å²) in [6.07, 6.45) is 2.51. The van der Waals surface area contributed by atoms with Crippen LogP contribution in [0, 0.1) is 5.82 Å². The van der Waals surface area contributed by atoms with Crippen LogP contribution < -0.4 is 0 Å². The first-order valence-corrected chi connectivity index (χ1v) is 5.14. The van der Waals surface area contributed by atoms with Crippen LogP contribution in [-0.2, 0) is 0 Å². The van der Waals surface area contributed by atoms with Crippen LogP contribution in [0.15, 0.2) is 30.3 Å². The summed E-state index contributed by atoms with van der Waals surface area (Å²) in [7, 11) is 0. The first-order chi connectivity index (χ1) is 7.33. The quantitative estimate of drug-likeness (QED) is 0.798. The molecule has 78 valence electrons. The number of aromatic nitrogens is 2. The Labute approximate surface area is 88.6 Å². The standard InChI is InChI=1S/C12H11FN2.H2/c13-10-5-3-9(4-6-10)12-7-11(14-15-12)8-1-2-8;/h3-8H,1-2H2,(H,14,15);1H. The van der Waals surface area contributed by atoms with Gasteiger partial charge < -0.3 is 0 Å². The zero-order valence-electron chi connectivity index (χ0n) is 8.20. The Kier molecular flexibility index (Phi) is 1.84. The van der Waals surface area contributed by atoms with Gasteiger partial charge in [0.05, 0.1) is 5.69 Å². The second-order valence-corrected chi connectivity index (χ2v) is 3.99. The van der Waals surface area contributed by atoms with Crippen LogP contribution >= 0.6 is 0 Å². The van der Waals surface area contributed by atoms with E-state index < -0.39 is 0 Å². The van der Waals surface area contributed by atoms with Crippen molar-refractivity contribution >= 4 is 0 Å². The molecule has 1 fully saturated rings. The van der Waals surface area contributed by atoms with Gasteiger partial charge in [-0.05, 0) is 43.2 Å². The minimum Gasteiger partial charge on any atom is -0.282 e. The van der Waals surface area contributed by atoms with E-state index in [1.54, 1.807) is 12.1 Å². The van der Waals surface area contributed by atoms with Crippen molar-refractivity contribution in [2.45, 2.75) is 18.8 Å². The van der Waals surface area contributed by atoms with Crippen molar-refractivity contribution in [3.63, 3.8) is 0 Å². The molecular weight excluding hydrogens is 191 g/mol. The van der Waals surface area contributed by atoms with E-state index in [1.807, 2.05) is 0 Å². The maximum Gasteiger partial charge on any atom is 0.123 e. The largest absolute Gasteiger partial charge is 0.282 e. The summed E-state index contributed by atoms with van der Waals surface area (Å²) >= 11 is 0. The van der Waals surface area contributed by atoms with Gasteiger partial charge in [-0.1, -0.05) is 0 Å². The van der Waals surface area contributed by atoms with E-state index in [0.717, 1.165) is 11.3 Å². The first-order valence-electron chi connectivity index (χ1n) is 5.14. The Morgan fingerprint density at radius 2 is 2.00 bits per heavy atom. The normalized spacial score (nSPS) is 15.5. The third kappa shape index (κ3) is 1.65. The number of H-pyrrole nitrogens is 1. The van der Waals surface area contributed by atoms with Crippen molar-refractivity contribution in [2.24, 2.45) is 0 Å². The van der Waals surface area contributed by atoms with Crippen LogP contribution in [-0.4, -0.2) is 10.2 Å². The van der Waals surface area contributed by atoms with Crippen LogP contribution in [0.1, 0.15) is 25.9 Å². The minimum absolute atomic E-state index is 0. The Bertz CT molecular complexity index is 474. The van der Waals surface area contributed by atoms with E-state index in [0.29, 0.717) is 5.92 Å². The fourth-order valence-electron chi connectivity index (χ4n) is 1.71. The molecule has 1 saturated carbocycles. The Morgan fingerprint density at radius 1 is 1.27 bits per heavy atom. The van der Waals surface area contributed by atoms with Crippen molar-refractivity contribution in [3.8, 4) is 11.3 Å². The zero-order chi connectivity index (χ0) is 10.3. The molecule has 1 N–H and O–H groups in total. The van der Waals surface area contributed by atoms with Crippen LogP contribution in [0.2, 0.25) is 0 Å². The number of nitrogens with zero attached hydrogens (tertiary/aromatic N) is 1. The average molecular weight is 204 g/mol. The van der Waals surface area contributed by atoms with Gasteiger partial charge in [-0.15, -0.1) is 0 Å². The van der Waals surface area contributed by atoms with Gasteiger partial charge in [0.15, 0.2) is 0 Å². The summed E-state index contributed by atoms with van der Waals surface area (Å²) in [5, 5.41) is 7.27. The number of halogens is 1. The zero-order valence-corrected chi connectivity index (χ0v) is 8.20. The third-order valence-corrected chi connectivity index (χ3v) is 2.75. The van der Waals surface area contributed by atoms with Crippen molar-refractivity contribution in [2.75, 3.05) is 0 Å². The lowest BCUT2D eigenvalue weighted by Crippen LogP contribution is -1.78. The molecular formula is C12H13FN2. The maximum atomic E-state index is 12.7. The molecule has 0 bridgehead atoms. The predicted molar refractivity (Wildman–Crippen MR) is 58.1 cm³/mol. The summed E-state index contributed by atoms with van der Waals surface area (Å²) in [6.45, 7) is 0. The molecule has 0 radical (unpaired) electrons. The van der Waals surface area contributed by atoms with Crippen LogP contribution in [0.5, 0.6) is 0 Å². The fourth-order valence-corrected chi connectivity index (χ4v) is 1.71. The summed E-state index contributed by atoms with van der Waals surface area (Å²) in [5.41, 5.74) is 3.06. The molecule has 1 aromatic heterocycles. The second kappa shape index (κ2) is 3.19. The van der Waals surface area contributed by atoms with Crippen molar-refractivity contribution < 1.29 is 5.82 Å². The number of hydrogen-bond donors (Lipinski definition) is 1. The molecule has 1 aromatic carbocycles. The van der Waals surface area contributed by atoms with Gasteiger partial charge in [0, 0.05) is 18.6 Å². The predicted octanol–water partition coefficient (Wildman–Crippen LogP) is 3.34. The fraction of sp³-hybridized carbons (Fsp3) is 0.250. The number of rotatable bonds is 2. The van der Waals surface area contributed by atoms with Crippen molar-refractivity contribution in [3.05, 3.63) is 41.8 Å². The van der Waals surface area contributed by atoms with Gasteiger partial charge >= 0.3 is 0 Å². The van der Waals surface area contributed by atoms with E-state index in [1.165, 1.54) is 30.7 Å². The first kappa shape index (κ1) is 8.65. The van der Waals surface area contributed by atoms with Gasteiger partial charge in [0.2, 0.25) is 0 Å². The van der Waals surface area contributed by atoms with Crippen LogP contribution in [0.3, 0.4) is 0 Å². The van der Waals surface area contributed by atoms with Gasteiger partial charge in [0.25, 0.3) is 0 Å². The summed E-state index contributed by atoms with van der Waals surface area (Å²) in [4.78, 5) is 0. The lowest BCUT2D eigenvalue weighted by molar-refractivity contribution is 0.628. The molecule has 0 spiro atoms. The molecule has 2 nitrogen and oxygen atoms in total. The summed E-state index contributed by atoms with van der Waals surface area (Å²) < 4.78 is 12.7. The number of benzene rings is 1. The van der Waals surface area contributed by atoms with E-state index >= 15 is 0 Å². The molecule has 3 heteroatoms. The van der Waals surface area contributed by atoms with E-state index in [-0.39, 0.29) is 7.24 Å². The number of hydrogen-bond acceptors (Lipinski definition) is 1. The second-order valence-electron chi connectivity index (χ2n) is 3.99. The van der Waals surface area contributed by atoms with Gasteiger partial charge in [-0.3, -0.25) is 5.10 Å². The summed E-state index contributed by atoms with van der Waals surface area (Å²) in [5.74, 6) is 0.461. The molecule has 0 saturated heterocycles. The molecule has 0 aliphatic heterocycles. The van der Waals surface area contributed by atoms with Crippen molar-refractivity contribution in [1.82, 2.24) is 10.2 Å². The monoisotopic (exact) mass is 204 g/mol. The molecule has 1 aliphatic carbocycles. The van der Waals surface area contributed by atoms with Gasteiger partial charge in [-0.2, -0.15) is 5.10 Å². The Morgan fingerprint density at radius 3 is 2.67 bits per heavy atom. The maximum absolute atomic E-state index is 12.7. The lowest BCUT2D eigenvalue weighted by Gasteiger charge is -1.94. The number of nitrogens with one attached hydrogen (secondary N) is 1.